The van der Waals surface area contributed by atoms with Gasteiger partial charge in [0.15, 0.2) is 0 Å². The highest BCUT2D eigenvalue weighted by atomic mass is 35.5. The van der Waals surface area contributed by atoms with Gasteiger partial charge in [-0.1, -0.05) is 31.0 Å². The highest BCUT2D eigenvalue weighted by Crippen LogP contribution is 2.21. The molecule has 0 aliphatic heterocycles. The van der Waals surface area contributed by atoms with Crippen LogP contribution in [0.1, 0.15) is 47.2 Å². The summed E-state index contributed by atoms with van der Waals surface area (Å²) < 4.78 is 8.46. The van der Waals surface area contributed by atoms with E-state index in [1.807, 2.05) is 19.1 Å². The van der Waals surface area contributed by atoms with E-state index in [0.717, 1.165) is 18.5 Å². The molecule has 0 fully saturated rings. The molecule has 0 unspecified atom stereocenters. The molecule has 0 amide bonds. The summed E-state index contributed by atoms with van der Waals surface area (Å²) in [6.45, 7) is 6.14. The summed E-state index contributed by atoms with van der Waals surface area (Å²) in [5.41, 5.74) is 2.23. The maximum absolute atomic E-state index is 12.5. The van der Waals surface area contributed by atoms with Crippen molar-refractivity contribution in [2.75, 3.05) is 0 Å². The minimum Gasteiger partial charge on any atom is -0.455 e. The number of fused-ring (bicyclic) bond motifs is 1. The third kappa shape index (κ3) is 3.88. The van der Waals surface area contributed by atoms with Crippen molar-refractivity contribution in [2.45, 2.75) is 46.8 Å². The molecular formula is C19H21ClN4O3. The van der Waals surface area contributed by atoms with E-state index in [1.54, 1.807) is 17.7 Å². The van der Waals surface area contributed by atoms with Crippen LogP contribution in [0, 0.1) is 13.8 Å². The maximum Gasteiger partial charge on any atom is 0.343 e. The molecule has 0 aromatic carbocycles. The average Bonchev–Trinajstić information content (AvgIpc) is 2.91. The quantitative estimate of drug-likeness (QED) is 0.605. The van der Waals surface area contributed by atoms with E-state index >= 15 is 0 Å². The molecule has 3 aromatic rings. The van der Waals surface area contributed by atoms with Gasteiger partial charge >= 0.3 is 5.97 Å². The summed E-state index contributed by atoms with van der Waals surface area (Å²) in [4.78, 5) is 29.2. The average molecular weight is 389 g/mol. The van der Waals surface area contributed by atoms with Crippen LogP contribution in [0.25, 0.3) is 5.65 Å². The Bertz CT molecular complexity index is 1060. The molecule has 142 valence electrons. The van der Waals surface area contributed by atoms with Gasteiger partial charge in [0.2, 0.25) is 0 Å². The SMILES string of the molecule is CCCCn1nc(C)c(C(=O)OCc2cc(=O)n3c(C)cccc3n2)c1Cl. The first-order valence-corrected chi connectivity index (χ1v) is 9.18. The molecule has 0 N–H and O–H groups in total. The van der Waals surface area contributed by atoms with Gasteiger partial charge in [-0.25, -0.2) is 9.78 Å². The number of nitrogens with zero attached hydrogens (tertiary/aromatic N) is 4. The Labute approximate surface area is 161 Å². The smallest absolute Gasteiger partial charge is 0.343 e. The predicted molar refractivity (Wildman–Crippen MR) is 102 cm³/mol. The second-order valence-corrected chi connectivity index (χ2v) is 6.71. The van der Waals surface area contributed by atoms with Crippen LogP contribution in [0.4, 0.5) is 0 Å². The number of hydrogen-bond acceptors (Lipinski definition) is 5. The largest absolute Gasteiger partial charge is 0.455 e. The first kappa shape index (κ1) is 19.1. The lowest BCUT2D eigenvalue weighted by molar-refractivity contribution is 0.0467. The minimum atomic E-state index is -0.577. The lowest BCUT2D eigenvalue weighted by Gasteiger charge is -2.07. The third-order valence-electron chi connectivity index (χ3n) is 4.28. The Morgan fingerprint density at radius 2 is 2.07 bits per heavy atom. The number of unbranched alkanes of at least 4 members (excludes halogenated alkanes) is 1. The number of aromatic nitrogens is 4. The number of ether oxygens (including phenoxy) is 1. The number of aryl methyl sites for hydroxylation is 3. The van der Waals surface area contributed by atoms with Crippen molar-refractivity contribution in [2.24, 2.45) is 0 Å². The number of carbonyl (C=O) groups excluding carboxylic acids is 1. The zero-order valence-electron chi connectivity index (χ0n) is 15.5. The monoisotopic (exact) mass is 388 g/mol. The van der Waals surface area contributed by atoms with Gasteiger partial charge in [0, 0.05) is 18.3 Å². The highest BCUT2D eigenvalue weighted by Gasteiger charge is 2.21. The molecular weight excluding hydrogens is 368 g/mol. The van der Waals surface area contributed by atoms with Gasteiger partial charge in [-0.2, -0.15) is 5.10 Å². The van der Waals surface area contributed by atoms with Crippen molar-refractivity contribution in [3.63, 3.8) is 0 Å². The fourth-order valence-electron chi connectivity index (χ4n) is 2.89. The van der Waals surface area contributed by atoms with Crippen LogP contribution in [0.15, 0.2) is 29.1 Å². The Morgan fingerprint density at radius 3 is 2.81 bits per heavy atom. The van der Waals surface area contributed by atoms with Crippen LogP contribution in [0.5, 0.6) is 0 Å². The van der Waals surface area contributed by atoms with Gasteiger partial charge in [0.05, 0.1) is 11.4 Å². The zero-order chi connectivity index (χ0) is 19.6. The van der Waals surface area contributed by atoms with Crippen molar-refractivity contribution in [3.05, 3.63) is 62.4 Å². The summed E-state index contributed by atoms with van der Waals surface area (Å²) in [7, 11) is 0. The topological polar surface area (TPSA) is 78.5 Å². The van der Waals surface area contributed by atoms with Crippen LogP contribution in [0.3, 0.4) is 0 Å². The zero-order valence-corrected chi connectivity index (χ0v) is 16.3. The van der Waals surface area contributed by atoms with E-state index < -0.39 is 5.97 Å². The van der Waals surface area contributed by atoms with E-state index in [9.17, 15) is 9.59 Å². The summed E-state index contributed by atoms with van der Waals surface area (Å²) >= 11 is 6.29. The Kier molecular flexibility index (Phi) is 5.60. The first-order valence-electron chi connectivity index (χ1n) is 8.80. The Hall–Kier alpha value is -2.67. The molecule has 3 heterocycles. The number of carbonyl (C=O) groups is 1. The van der Waals surface area contributed by atoms with E-state index in [0.29, 0.717) is 23.6 Å². The number of halogens is 1. The van der Waals surface area contributed by atoms with Crippen molar-refractivity contribution >= 4 is 23.2 Å². The fraction of sp³-hybridized carbons (Fsp3) is 0.368. The molecule has 3 rings (SSSR count). The molecule has 0 spiro atoms. The van der Waals surface area contributed by atoms with Gasteiger partial charge in [0.1, 0.15) is 23.0 Å². The van der Waals surface area contributed by atoms with Gasteiger partial charge in [-0.05, 0) is 32.4 Å². The van der Waals surface area contributed by atoms with Gasteiger partial charge in [-0.3, -0.25) is 13.9 Å². The summed E-state index contributed by atoms with van der Waals surface area (Å²) in [6, 6.07) is 6.75. The van der Waals surface area contributed by atoms with E-state index in [4.69, 9.17) is 16.3 Å². The second kappa shape index (κ2) is 7.92. The van der Waals surface area contributed by atoms with Crippen molar-refractivity contribution in [1.29, 1.82) is 0 Å². The standard InChI is InChI=1S/C19H21ClN4O3/c1-4-5-9-23-18(20)17(13(3)22-23)19(26)27-11-14-10-16(25)24-12(2)7-6-8-15(24)21-14/h6-8,10H,4-5,9,11H2,1-3H3. The van der Waals surface area contributed by atoms with Crippen LogP contribution in [0.2, 0.25) is 5.15 Å². The fourth-order valence-corrected chi connectivity index (χ4v) is 3.23. The van der Waals surface area contributed by atoms with Crippen molar-refractivity contribution < 1.29 is 9.53 Å². The number of pyridine rings is 1. The van der Waals surface area contributed by atoms with Crippen LogP contribution < -0.4 is 5.56 Å². The molecule has 3 aromatic heterocycles. The van der Waals surface area contributed by atoms with Crippen LogP contribution >= 0.6 is 11.6 Å². The van der Waals surface area contributed by atoms with Gasteiger partial charge in [-0.15, -0.1) is 0 Å². The number of esters is 1. The van der Waals surface area contributed by atoms with Crippen LogP contribution in [-0.4, -0.2) is 25.1 Å². The maximum atomic E-state index is 12.5. The molecule has 0 bridgehead atoms. The van der Waals surface area contributed by atoms with Crippen molar-refractivity contribution in [1.82, 2.24) is 19.2 Å². The normalized spacial score (nSPS) is 11.1. The molecule has 0 atom stereocenters. The molecule has 7 nitrogen and oxygen atoms in total. The lowest BCUT2D eigenvalue weighted by Crippen LogP contribution is -2.18. The number of rotatable bonds is 6. The number of hydrogen-bond donors (Lipinski definition) is 0. The second-order valence-electron chi connectivity index (χ2n) is 6.35. The van der Waals surface area contributed by atoms with E-state index in [1.165, 1.54) is 10.5 Å². The summed E-state index contributed by atoms with van der Waals surface area (Å²) in [6.07, 6.45) is 1.91. The van der Waals surface area contributed by atoms with Crippen LogP contribution in [-0.2, 0) is 17.9 Å². The summed E-state index contributed by atoms with van der Waals surface area (Å²) in [5.74, 6) is -0.577. The van der Waals surface area contributed by atoms with Gasteiger partial charge < -0.3 is 4.74 Å². The molecule has 0 aliphatic carbocycles. The van der Waals surface area contributed by atoms with Crippen molar-refractivity contribution in [3.8, 4) is 0 Å². The van der Waals surface area contributed by atoms with E-state index in [-0.39, 0.29) is 22.9 Å². The van der Waals surface area contributed by atoms with E-state index in [2.05, 4.69) is 17.0 Å². The molecule has 0 radical (unpaired) electrons. The summed E-state index contributed by atoms with van der Waals surface area (Å²) in [5, 5.41) is 4.57. The highest BCUT2D eigenvalue weighted by molar-refractivity contribution is 6.32. The Morgan fingerprint density at radius 1 is 1.30 bits per heavy atom. The molecule has 8 heteroatoms. The lowest BCUT2D eigenvalue weighted by atomic mass is 10.2. The molecule has 0 saturated carbocycles. The molecule has 0 saturated heterocycles. The third-order valence-corrected chi connectivity index (χ3v) is 4.66. The molecule has 27 heavy (non-hydrogen) atoms. The first-order chi connectivity index (χ1) is 12.9. The van der Waals surface area contributed by atoms with Gasteiger partial charge in [0.25, 0.3) is 5.56 Å². The predicted octanol–water partition coefficient (Wildman–Crippen LogP) is 3.32. The molecule has 0 aliphatic rings. The minimum absolute atomic E-state index is 0.117. The Balaban J connectivity index is 1.79.